The lowest BCUT2D eigenvalue weighted by Crippen LogP contribution is -2.38. The first-order chi connectivity index (χ1) is 9.20. The molecule has 0 saturated heterocycles. The van der Waals surface area contributed by atoms with Crippen LogP contribution in [0, 0.1) is 0 Å². The topological polar surface area (TPSA) is 24.5 Å². The molecule has 0 spiro atoms. The lowest BCUT2D eigenvalue weighted by atomic mass is 10.2. The zero-order valence-corrected chi connectivity index (χ0v) is 12.4. The molecule has 3 nitrogen and oxygen atoms in total. The molecule has 1 saturated carbocycles. The van der Waals surface area contributed by atoms with E-state index in [1.165, 1.54) is 18.4 Å². The minimum absolute atomic E-state index is 0.607. The van der Waals surface area contributed by atoms with Gasteiger partial charge in [-0.25, -0.2) is 0 Å². The molecule has 1 aliphatic carbocycles. The molecule has 1 fully saturated rings. The van der Waals surface area contributed by atoms with Gasteiger partial charge in [0.25, 0.3) is 0 Å². The molecule has 0 aliphatic heterocycles. The third-order valence-electron chi connectivity index (χ3n) is 3.82. The van der Waals surface area contributed by atoms with Gasteiger partial charge in [0.2, 0.25) is 0 Å². The van der Waals surface area contributed by atoms with E-state index in [-0.39, 0.29) is 0 Å². The van der Waals surface area contributed by atoms with E-state index >= 15 is 0 Å². The first kappa shape index (κ1) is 14.4. The molecule has 0 aromatic heterocycles. The summed E-state index contributed by atoms with van der Waals surface area (Å²) < 4.78 is 5.44. The van der Waals surface area contributed by atoms with E-state index < -0.39 is 0 Å². The minimum Gasteiger partial charge on any atom is -0.494 e. The van der Waals surface area contributed by atoms with Crippen LogP contribution in [0.1, 0.15) is 32.3 Å². The molecule has 1 aromatic rings. The van der Waals surface area contributed by atoms with E-state index in [1.807, 2.05) is 19.1 Å². The second-order valence-electron chi connectivity index (χ2n) is 5.45. The van der Waals surface area contributed by atoms with Crippen LogP contribution in [0.5, 0.6) is 5.75 Å². The van der Waals surface area contributed by atoms with Crippen LogP contribution in [0.15, 0.2) is 24.3 Å². The van der Waals surface area contributed by atoms with Crippen molar-refractivity contribution in [2.75, 3.05) is 20.2 Å². The van der Waals surface area contributed by atoms with Crippen molar-refractivity contribution in [3.05, 3.63) is 29.8 Å². The summed E-state index contributed by atoms with van der Waals surface area (Å²) in [6.45, 7) is 6.99. The van der Waals surface area contributed by atoms with Crippen LogP contribution < -0.4 is 10.1 Å². The summed E-state index contributed by atoms with van der Waals surface area (Å²) in [5.41, 5.74) is 1.31. The van der Waals surface area contributed by atoms with E-state index in [0.29, 0.717) is 6.04 Å². The number of ether oxygens (including phenoxy) is 1. The van der Waals surface area contributed by atoms with Gasteiger partial charge in [-0.1, -0.05) is 12.1 Å². The maximum Gasteiger partial charge on any atom is 0.119 e. The Bertz CT molecular complexity index is 373. The maximum atomic E-state index is 5.44. The second-order valence-corrected chi connectivity index (χ2v) is 5.45. The average molecular weight is 262 g/mol. The quantitative estimate of drug-likeness (QED) is 0.779. The standard InChI is InChI=1S/C16H26N2O/c1-4-19-16-9-5-14(6-10-16)12-17-11-13(2)18(3)15-7-8-15/h5-6,9-10,13,15,17H,4,7-8,11-12H2,1-3H3. The molecule has 106 valence electrons. The fraction of sp³-hybridized carbons (Fsp3) is 0.625. The van der Waals surface area contributed by atoms with Crippen molar-refractivity contribution < 1.29 is 4.74 Å². The predicted molar refractivity (Wildman–Crippen MR) is 79.6 cm³/mol. The van der Waals surface area contributed by atoms with Gasteiger partial charge >= 0.3 is 0 Å². The summed E-state index contributed by atoms with van der Waals surface area (Å²) in [4.78, 5) is 2.49. The molecule has 1 N–H and O–H groups in total. The Morgan fingerprint density at radius 3 is 2.58 bits per heavy atom. The Morgan fingerprint density at radius 2 is 2.00 bits per heavy atom. The Hall–Kier alpha value is -1.06. The van der Waals surface area contributed by atoms with Crippen LogP contribution in [0.3, 0.4) is 0 Å². The Balaban J connectivity index is 1.69. The van der Waals surface area contributed by atoms with Crippen LogP contribution in [0.2, 0.25) is 0 Å². The van der Waals surface area contributed by atoms with Gasteiger partial charge in [-0.15, -0.1) is 0 Å². The molecule has 1 unspecified atom stereocenters. The molecule has 19 heavy (non-hydrogen) atoms. The van der Waals surface area contributed by atoms with Crippen molar-refractivity contribution >= 4 is 0 Å². The van der Waals surface area contributed by atoms with E-state index in [0.717, 1.165) is 31.5 Å². The van der Waals surface area contributed by atoms with Crippen molar-refractivity contribution in [1.82, 2.24) is 10.2 Å². The molecule has 0 heterocycles. The van der Waals surface area contributed by atoms with Gasteiger partial charge in [0.1, 0.15) is 5.75 Å². The highest BCUT2D eigenvalue weighted by Crippen LogP contribution is 2.26. The molecule has 2 rings (SSSR count). The summed E-state index contributed by atoms with van der Waals surface area (Å²) >= 11 is 0. The molecule has 1 aromatic carbocycles. The van der Waals surface area contributed by atoms with E-state index in [9.17, 15) is 0 Å². The average Bonchev–Trinajstić information content (AvgIpc) is 3.24. The molecule has 0 amide bonds. The molecular formula is C16H26N2O. The number of nitrogens with one attached hydrogen (secondary N) is 1. The maximum absolute atomic E-state index is 5.44. The zero-order chi connectivity index (χ0) is 13.7. The van der Waals surface area contributed by atoms with Crippen LogP contribution in [-0.4, -0.2) is 37.2 Å². The smallest absolute Gasteiger partial charge is 0.119 e. The van der Waals surface area contributed by atoms with Crippen LogP contribution in [0.4, 0.5) is 0 Å². The normalized spacial score (nSPS) is 16.6. The lowest BCUT2D eigenvalue weighted by Gasteiger charge is -2.24. The minimum atomic E-state index is 0.607. The van der Waals surface area contributed by atoms with Crippen molar-refractivity contribution in [3.63, 3.8) is 0 Å². The number of benzene rings is 1. The summed E-state index contributed by atoms with van der Waals surface area (Å²) in [6, 6.07) is 9.79. The first-order valence-electron chi connectivity index (χ1n) is 7.35. The van der Waals surface area contributed by atoms with Crippen molar-refractivity contribution in [1.29, 1.82) is 0 Å². The van der Waals surface area contributed by atoms with Gasteiger partial charge in [-0.2, -0.15) is 0 Å². The van der Waals surface area contributed by atoms with E-state index in [2.05, 4.69) is 36.3 Å². The summed E-state index contributed by atoms with van der Waals surface area (Å²) in [7, 11) is 2.24. The number of nitrogens with zero attached hydrogens (tertiary/aromatic N) is 1. The third-order valence-corrected chi connectivity index (χ3v) is 3.82. The lowest BCUT2D eigenvalue weighted by molar-refractivity contribution is 0.241. The Labute approximate surface area is 116 Å². The highest BCUT2D eigenvalue weighted by Gasteiger charge is 2.28. The summed E-state index contributed by atoms with van der Waals surface area (Å²) in [6.07, 6.45) is 2.75. The monoisotopic (exact) mass is 262 g/mol. The molecule has 1 aliphatic rings. The summed E-state index contributed by atoms with van der Waals surface area (Å²) in [5.74, 6) is 0.952. The fourth-order valence-electron chi connectivity index (χ4n) is 2.28. The van der Waals surface area contributed by atoms with Crippen LogP contribution >= 0.6 is 0 Å². The van der Waals surface area contributed by atoms with Gasteiger partial charge in [0.05, 0.1) is 6.61 Å². The van der Waals surface area contributed by atoms with E-state index in [4.69, 9.17) is 4.74 Å². The van der Waals surface area contributed by atoms with Crippen molar-refractivity contribution in [3.8, 4) is 5.75 Å². The Morgan fingerprint density at radius 1 is 1.32 bits per heavy atom. The SMILES string of the molecule is CCOc1ccc(CNCC(C)N(C)C2CC2)cc1. The fourth-order valence-corrected chi connectivity index (χ4v) is 2.28. The molecule has 1 atom stereocenters. The van der Waals surface area contributed by atoms with Gasteiger partial charge < -0.3 is 10.1 Å². The number of hydrogen-bond donors (Lipinski definition) is 1. The molecule has 0 radical (unpaired) electrons. The van der Waals surface area contributed by atoms with E-state index in [1.54, 1.807) is 0 Å². The van der Waals surface area contributed by atoms with Crippen molar-refractivity contribution in [2.24, 2.45) is 0 Å². The van der Waals surface area contributed by atoms with Crippen LogP contribution in [-0.2, 0) is 6.54 Å². The van der Waals surface area contributed by atoms with Crippen molar-refractivity contribution in [2.45, 2.75) is 45.3 Å². The van der Waals surface area contributed by atoms with Gasteiger partial charge in [0, 0.05) is 25.2 Å². The number of rotatable bonds is 8. The highest BCUT2D eigenvalue weighted by molar-refractivity contribution is 5.27. The molecule has 3 heteroatoms. The molecular weight excluding hydrogens is 236 g/mol. The van der Waals surface area contributed by atoms with Crippen LogP contribution in [0.25, 0.3) is 0 Å². The van der Waals surface area contributed by atoms with Gasteiger partial charge in [-0.05, 0) is 51.4 Å². The number of likely N-dealkylation sites (N-methyl/N-ethyl adjacent to an activating group) is 1. The Kier molecular flexibility index (Phi) is 5.23. The third kappa shape index (κ3) is 4.51. The largest absolute Gasteiger partial charge is 0.494 e. The second kappa shape index (κ2) is 6.92. The highest BCUT2D eigenvalue weighted by atomic mass is 16.5. The predicted octanol–water partition coefficient (Wildman–Crippen LogP) is 2.66. The summed E-state index contributed by atoms with van der Waals surface area (Å²) in [5, 5.41) is 3.53. The number of hydrogen-bond acceptors (Lipinski definition) is 3. The first-order valence-corrected chi connectivity index (χ1v) is 7.35. The zero-order valence-electron chi connectivity index (χ0n) is 12.4. The van der Waals surface area contributed by atoms with Gasteiger partial charge in [-0.3, -0.25) is 4.90 Å². The van der Waals surface area contributed by atoms with Gasteiger partial charge in [0.15, 0.2) is 0 Å². The molecule has 0 bridgehead atoms.